The molecule has 2 aromatic carbocycles. The van der Waals surface area contributed by atoms with Gasteiger partial charge in [0.15, 0.2) is 0 Å². The van der Waals surface area contributed by atoms with Crippen LogP contribution in [0.15, 0.2) is 54.6 Å². The van der Waals surface area contributed by atoms with Crippen molar-refractivity contribution < 1.29 is 77.2 Å². The number of unbranched alkanes of at least 4 members (excludes halogenated alkanes) is 1. The first-order valence-electron chi connectivity index (χ1n) is 32.8. The van der Waals surface area contributed by atoms with Gasteiger partial charge >= 0.3 is 12.1 Å². The van der Waals surface area contributed by atoms with Crippen molar-refractivity contribution >= 4 is 71.5 Å². The van der Waals surface area contributed by atoms with E-state index in [4.69, 9.17) is 35.6 Å². The van der Waals surface area contributed by atoms with Gasteiger partial charge in [0, 0.05) is 54.0 Å². The molecule has 13 atom stereocenters. The minimum Gasteiger partial charge on any atom is -0.483 e. The molecule has 0 saturated carbocycles. The second-order valence-electron chi connectivity index (χ2n) is 25.4. The van der Waals surface area contributed by atoms with Crippen LogP contribution in [0.4, 0.5) is 15.3 Å². The minimum absolute atomic E-state index is 0.0663. The van der Waals surface area contributed by atoms with E-state index >= 15 is 0 Å². The molecule has 1 fully saturated rings. The minimum atomic E-state index is -1.14. The number of likely N-dealkylation sites (N-methyl/N-ethyl adjacent to an activating group) is 2. The zero-order chi connectivity index (χ0) is 71.8. The molecule has 1 aliphatic rings. The topological polar surface area (TPSA) is 402 Å². The number of urea groups is 1. The van der Waals surface area contributed by atoms with Crippen molar-refractivity contribution in [1.29, 1.82) is 0 Å². The zero-order valence-electron chi connectivity index (χ0n) is 58.3. The van der Waals surface area contributed by atoms with Gasteiger partial charge in [-0.05, 0) is 105 Å². The average molecular weight is 1340 g/mol. The molecule has 11 amide bonds. The van der Waals surface area contributed by atoms with E-state index in [9.17, 15) is 53.1 Å². The second-order valence-corrected chi connectivity index (χ2v) is 25.4. The number of hydrogen-bond donors (Lipinski definition) is 11. The number of rotatable bonds is 38. The van der Waals surface area contributed by atoms with Crippen LogP contribution >= 0.6 is 0 Å². The molecule has 1 heterocycles. The lowest BCUT2D eigenvalue weighted by Gasteiger charge is -2.41. The summed E-state index contributed by atoms with van der Waals surface area (Å²) >= 11 is 0. The first-order valence-corrected chi connectivity index (χ1v) is 32.8. The van der Waals surface area contributed by atoms with Crippen LogP contribution < -0.4 is 48.7 Å². The summed E-state index contributed by atoms with van der Waals surface area (Å²) in [7, 11) is 6.08. The highest BCUT2D eigenvalue weighted by atomic mass is 16.6. The maximum absolute atomic E-state index is 14.8. The van der Waals surface area contributed by atoms with E-state index in [0.29, 0.717) is 68.4 Å². The van der Waals surface area contributed by atoms with E-state index in [-0.39, 0.29) is 56.6 Å². The van der Waals surface area contributed by atoms with E-state index in [1.165, 1.54) is 33.1 Å². The first kappa shape index (κ1) is 83.1. The fourth-order valence-electron chi connectivity index (χ4n) is 11.7. The lowest BCUT2D eigenvalue weighted by atomic mass is 9.89. The zero-order valence-corrected chi connectivity index (χ0v) is 58.3. The van der Waals surface area contributed by atoms with Crippen molar-refractivity contribution in [2.75, 3.05) is 53.3 Å². The molecule has 3 rings (SSSR count). The monoisotopic (exact) mass is 1340 g/mol. The molecule has 28 nitrogen and oxygen atoms in total. The number of primary amides is 1. The summed E-state index contributed by atoms with van der Waals surface area (Å²) in [6, 6.07) is 7.69. The third kappa shape index (κ3) is 26.6. The SMILES string of the molecule is CC[C@H](C)[C@@H]([C@@H](CC(=O)N1CCC[C@H]1[C@H](OC)[C@@H](C)C(=O)N[C@H](C)[C@@H](O)c1ccccc1)OC)N(C)C(=O)[C@@H](NC(=O)[C@H](C(C)C)N(C)C(=O)OCc1ccc(NC(=O)[C@H](CCCNC(N)=O)NC(=O)[C@@H](NC(=O)[C@H](CCCCN)NC(C)=O)C(C)C)cc1)C(C)C.O=CO. The highest BCUT2D eigenvalue weighted by Gasteiger charge is 2.44. The quantitative estimate of drug-likeness (QED) is 0.0335. The Morgan fingerprint density at radius 1 is 0.716 bits per heavy atom. The smallest absolute Gasteiger partial charge is 0.410 e. The summed E-state index contributed by atoms with van der Waals surface area (Å²) in [5.74, 6) is -5.99. The number of ether oxygens (including phenoxy) is 3. The number of nitrogens with one attached hydrogen (secondary N) is 7. The molecular formula is C67H110N12O16. The van der Waals surface area contributed by atoms with E-state index in [1.54, 1.807) is 109 Å². The number of benzene rings is 2. The molecule has 1 saturated heterocycles. The lowest BCUT2D eigenvalue weighted by molar-refractivity contribution is -0.148. The largest absolute Gasteiger partial charge is 0.483 e. The van der Waals surface area contributed by atoms with Gasteiger partial charge in [-0.25, -0.2) is 9.59 Å². The number of likely N-dealkylation sites (tertiary alicyclic amines) is 1. The van der Waals surface area contributed by atoms with Crippen molar-refractivity contribution in [2.24, 2.45) is 41.1 Å². The molecule has 1 aliphatic heterocycles. The Bertz CT molecular complexity index is 2760. The number of carbonyl (C=O) groups is 11. The summed E-state index contributed by atoms with van der Waals surface area (Å²) in [6.45, 7) is 19.7. The fraction of sp³-hybridized carbons (Fsp3) is 0.657. The van der Waals surface area contributed by atoms with Crippen LogP contribution in [0.5, 0.6) is 0 Å². The molecule has 95 heavy (non-hydrogen) atoms. The molecule has 28 heteroatoms. The van der Waals surface area contributed by atoms with Crippen molar-refractivity contribution in [2.45, 2.75) is 207 Å². The van der Waals surface area contributed by atoms with Crippen molar-refractivity contribution in [3.63, 3.8) is 0 Å². The van der Waals surface area contributed by atoms with E-state index in [2.05, 4.69) is 37.2 Å². The number of aliphatic hydroxyl groups excluding tert-OH is 1. The Hall–Kier alpha value is -7.95. The summed E-state index contributed by atoms with van der Waals surface area (Å²) in [5.41, 5.74) is 12.4. The number of hydrogen-bond acceptors (Lipinski definition) is 16. The van der Waals surface area contributed by atoms with E-state index < -0.39 is 138 Å². The van der Waals surface area contributed by atoms with Gasteiger partial charge in [0.25, 0.3) is 6.47 Å². The predicted octanol–water partition coefficient (Wildman–Crippen LogP) is 3.93. The van der Waals surface area contributed by atoms with Crippen LogP contribution in [0.2, 0.25) is 0 Å². The summed E-state index contributed by atoms with van der Waals surface area (Å²) in [5, 5.41) is 37.1. The van der Waals surface area contributed by atoms with Gasteiger partial charge in [0.05, 0.1) is 48.8 Å². The number of carbonyl (C=O) groups excluding carboxylic acids is 10. The highest BCUT2D eigenvalue weighted by molar-refractivity contribution is 5.99. The molecule has 0 spiro atoms. The third-order valence-corrected chi connectivity index (χ3v) is 17.2. The number of methoxy groups -OCH3 is 2. The van der Waals surface area contributed by atoms with Gasteiger partial charge < -0.3 is 82.9 Å². The van der Waals surface area contributed by atoms with Gasteiger partial charge in [-0.3, -0.25) is 48.1 Å². The first-order chi connectivity index (χ1) is 44.8. The number of aliphatic hydroxyl groups is 1. The van der Waals surface area contributed by atoms with Crippen LogP contribution in [-0.2, 0) is 64.0 Å². The highest BCUT2D eigenvalue weighted by Crippen LogP contribution is 2.31. The Kier molecular flexibility index (Phi) is 37.2. The summed E-state index contributed by atoms with van der Waals surface area (Å²) < 4.78 is 17.7. The molecular weight excluding hydrogens is 1230 g/mol. The average Bonchev–Trinajstić information content (AvgIpc) is 1.79. The third-order valence-electron chi connectivity index (χ3n) is 17.2. The second kappa shape index (κ2) is 42.5. The number of amides is 11. The Morgan fingerprint density at radius 3 is 1.84 bits per heavy atom. The molecule has 0 unspecified atom stereocenters. The normalized spacial score (nSPS) is 16.6. The molecule has 2 aromatic rings. The van der Waals surface area contributed by atoms with Crippen LogP contribution in [0.25, 0.3) is 0 Å². The number of nitrogens with two attached hydrogens (primary N) is 2. The Balaban J connectivity index is 0.0000100. The lowest BCUT2D eigenvalue weighted by Crippen LogP contribution is -2.60. The van der Waals surface area contributed by atoms with Gasteiger partial charge in [-0.1, -0.05) is 111 Å². The van der Waals surface area contributed by atoms with Crippen molar-refractivity contribution in [3.05, 3.63) is 65.7 Å². The van der Waals surface area contributed by atoms with Crippen molar-refractivity contribution in [1.82, 2.24) is 46.6 Å². The molecule has 534 valence electrons. The molecule has 0 bridgehead atoms. The van der Waals surface area contributed by atoms with Gasteiger partial charge in [0.2, 0.25) is 47.3 Å². The predicted molar refractivity (Wildman–Crippen MR) is 358 cm³/mol. The fourth-order valence-corrected chi connectivity index (χ4v) is 11.7. The van der Waals surface area contributed by atoms with Gasteiger partial charge in [0.1, 0.15) is 36.8 Å². The van der Waals surface area contributed by atoms with Crippen LogP contribution in [0.3, 0.4) is 0 Å². The maximum Gasteiger partial charge on any atom is 0.410 e. The maximum atomic E-state index is 14.8. The van der Waals surface area contributed by atoms with Crippen LogP contribution in [-0.4, -0.2) is 199 Å². The number of carboxylic acid groups (broad SMARTS) is 1. The number of anilines is 1. The Morgan fingerprint density at radius 2 is 1.31 bits per heavy atom. The van der Waals surface area contributed by atoms with E-state index in [1.807, 2.05) is 32.0 Å². The molecule has 0 aromatic heterocycles. The van der Waals surface area contributed by atoms with Crippen LogP contribution in [0, 0.1) is 29.6 Å². The molecule has 0 radical (unpaired) electrons. The molecule has 0 aliphatic carbocycles. The van der Waals surface area contributed by atoms with Gasteiger partial charge in [-0.2, -0.15) is 0 Å². The number of nitrogens with zero attached hydrogens (tertiary/aromatic N) is 3. The van der Waals surface area contributed by atoms with Crippen molar-refractivity contribution in [3.8, 4) is 0 Å². The van der Waals surface area contributed by atoms with E-state index in [0.717, 1.165) is 0 Å². The van der Waals surface area contributed by atoms with Crippen LogP contribution in [0.1, 0.15) is 151 Å². The standard InChI is InChI=1S/C66H108N12O14.CH2O2/c1-16-41(8)56(51(90-14)36-52(80)78-35-23-28-50(78)58(91-15)42(9)59(82)70-43(10)57(81)46-24-18-17-19-25-46)76(12)64(87)54(39(4)5)75-63(86)55(40(6)7)77(13)66(89)92-37-45-29-31-47(32-30-45)72-60(83)49(27-22-34-69-65(68)88)73-62(85)53(38(2)3)74-61(84)48(71-44(11)79)26-20-21-33-67;2-1-3/h17-19,24-25,29-32,38-43,48-51,53-58,81H,16,20-23,26-28,33-37,67H2,1-15H3,(H,70,82)(H,71,79)(H,72,83)(H,73,85)(H,74,84)(H,75,86)(H3,68,69,88);1H,(H,2,3)/t41-,42+,43+,48-,49-,50-,51+,53-,54-,55-,56-,57+,58+;/m0./s1. The van der Waals surface area contributed by atoms with Gasteiger partial charge in [-0.15, -0.1) is 0 Å². The molecule has 13 N–H and O–H groups in total. The Labute approximate surface area is 560 Å². The summed E-state index contributed by atoms with van der Waals surface area (Å²) in [6.07, 6.45) is 0.382. The summed E-state index contributed by atoms with van der Waals surface area (Å²) in [4.78, 5) is 148.